The van der Waals surface area contributed by atoms with Crippen molar-refractivity contribution in [2.75, 3.05) is 19.8 Å². The minimum Gasteiger partial charge on any atom is -0.382 e. The summed E-state index contributed by atoms with van der Waals surface area (Å²) in [6.07, 6.45) is 2.86. The summed E-state index contributed by atoms with van der Waals surface area (Å²) in [4.78, 5) is 4.27. The molecule has 1 aromatic rings. The van der Waals surface area contributed by atoms with E-state index in [9.17, 15) is 0 Å². The Morgan fingerprint density at radius 3 is 3.00 bits per heavy atom. The summed E-state index contributed by atoms with van der Waals surface area (Å²) in [5.74, 6) is 0. The number of aromatic nitrogens is 1. The Morgan fingerprint density at radius 2 is 2.33 bits per heavy atom. The molecule has 0 saturated carbocycles. The number of rotatable bonds is 7. The van der Waals surface area contributed by atoms with Crippen LogP contribution in [0.4, 0.5) is 0 Å². The van der Waals surface area contributed by atoms with Gasteiger partial charge in [0.1, 0.15) is 0 Å². The van der Waals surface area contributed by atoms with Crippen LogP contribution in [-0.4, -0.2) is 24.7 Å². The Kier molecular flexibility index (Phi) is 6.55. The smallest absolute Gasteiger partial charge is 0.0542 e. The van der Waals surface area contributed by atoms with E-state index < -0.39 is 0 Å². The summed E-state index contributed by atoms with van der Waals surface area (Å²) in [7, 11) is 0. The minimum atomic E-state index is 0.800. The van der Waals surface area contributed by atoms with E-state index in [1.54, 1.807) is 0 Å². The van der Waals surface area contributed by atoms with Crippen LogP contribution in [-0.2, 0) is 11.3 Å². The molecule has 1 N–H and O–H groups in total. The lowest BCUT2D eigenvalue weighted by Crippen LogP contribution is -2.17. The van der Waals surface area contributed by atoms with Gasteiger partial charge in [-0.2, -0.15) is 0 Å². The highest BCUT2D eigenvalue weighted by atomic mass is 79.9. The molecule has 0 aromatic carbocycles. The predicted octanol–water partition coefficient (Wildman–Crippen LogP) is 2.36. The molecule has 0 spiro atoms. The lowest BCUT2D eigenvalue weighted by molar-refractivity contribution is 0.144. The molecule has 0 aliphatic rings. The SMILES string of the molecule is CCOCCCNCc1ccc(Br)cn1. The number of hydrogen-bond donors (Lipinski definition) is 1. The van der Waals surface area contributed by atoms with Crippen molar-refractivity contribution in [3.63, 3.8) is 0 Å². The van der Waals surface area contributed by atoms with E-state index in [-0.39, 0.29) is 0 Å². The van der Waals surface area contributed by atoms with Crippen LogP contribution in [0.2, 0.25) is 0 Å². The van der Waals surface area contributed by atoms with Crippen LogP contribution in [0.3, 0.4) is 0 Å². The Balaban J connectivity index is 2.07. The molecular formula is C11H17BrN2O. The fourth-order valence-corrected chi connectivity index (χ4v) is 1.41. The molecule has 1 aromatic heterocycles. The van der Waals surface area contributed by atoms with Gasteiger partial charge in [-0.15, -0.1) is 0 Å². The first-order chi connectivity index (χ1) is 7.33. The number of hydrogen-bond acceptors (Lipinski definition) is 3. The minimum absolute atomic E-state index is 0.800. The second kappa shape index (κ2) is 7.79. The van der Waals surface area contributed by atoms with Crippen LogP contribution in [0.25, 0.3) is 0 Å². The third-order valence-corrected chi connectivity index (χ3v) is 2.41. The average molecular weight is 273 g/mol. The molecule has 0 unspecified atom stereocenters. The first kappa shape index (κ1) is 12.6. The van der Waals surface area contributed by atoms with E-state index in [4.69, 9.17) is 4.74 Å². The largest absolute Gasteiger partial charge is 0.382 e. The molecule has 0 aliphatic carbocycles. The highest BCUT2D eigenvalue weighted by molar-refractivity contribution is 9.10. The molecule has 0 bridgehead atoms. The van der Waals surface area contributed by atoms with Gasteiger partial charge < -0.3 is 10.1 Å². The van der Waals surface area contributed by atoms with Crippen molar-refractivity contribution in [1.82, 2.24) is 10.3 Å². The van der Waals surface area contributed by atoms with Gasteiger partial charge in [0.25, 0.3) is 0 Å². The maximum Gasteiger partial charge on any atom is 0.0542 e. The van der Waals surface area contributed by atoms with Crippen molar-refractivity contribution < 1.29 is 4.74 Å². The first-order valence-corrected chi connectivity index (χ1v) is 6.01. The fraction of sp³-hybridized carbons (Fsp3) is 0.545. The van der Waals surface area contributed by atoms with Gasteiger partial charge in [-0.3, -0.25) is 4.98 Å². The normalized spacial score (nSPS) is 10.5. The van der Waals surface area contributed by atoms with Crippen LogP contribution in [0.15, 0.2) is 22.8 Å². The summed E-state index contributed by atoms with van der Waals surface area (Å²) >= 11 is 3.36. The van der Waals surface area contributed by atoms with E-state index >= 15 is 0 Å². The van der Waals surface area contributed by atoms with Crippen molar-refractivity contribution in [2.45, 2.75) is 19.9 Å². The van der Waals surface area contributed by atoms with Gasteiger partial charge in [0, 0.05) is 30.4 Å². The molecule has 0 aliphatic heterocycles. The Morgan fingerprint density at radius 1 is 1.47 bits per heavy atom. The summed E-state index contributed by atoms with van der Waals surface area (Å²) in [6.45, 7) is 5.43. The van der Waals surface area contributed by atoms with Crippen molar-refractivity contribution in [2.24, 2.45) is 0 Å². The molecule has 3 nitrogen and oxygen atoms in total. The van der Waals surface area contributed by atoms with Crippen molar-refractivity contribution >= 4 is 15.9 Å². The van der Waals surface area contributed by atoms with Crippen molar-refractivity contribution in [3.05, 3.63) is 28.5 Å². The Bertz CT molecular complexity index is 264. The van der Waals surface area contributed by atoms with Gasteiger partial charge in [-0.25, -0.2) is 0 Å². The third kappa shape index (κ3) is 5.87. The van der Waals surface area contributed by atoms with E-state index in [1.807, 2.05) is 25.3 Å². The first-order valence-electron chi connectivity index (χ1n) is 5.22. The second-order valence-corrected chi connectivity index (χ2v) is 4.11. The third-order valence-electron chi connectivity index (χ3n) is 1.94. The Labute approximate surface area is 99.4 Å². The summed E-state index contributed by atoms with van der Waals surface area (Å²) in [5, 5.41) is 3.32. The lowest BCUT2D eigenvalue weighted by Gasteiger charge is -2.04. The zero-order valence-electron chi connectivity index (χ0n) is 9.00. The highest BCUT2D eigenvalue weighted by Crippen LogP contribution is 2.06. The van der Waals surface area contributed by atoms with Gasteiger partial charge in [0.15, 0.2) is 0 Å². The molecule has 15 heavy (non-hydrogen) atoms. The lowest BCUT2D eigenvalue weighted by atomic mass is 10.3. The van der Waals surface area contributed by atoms with Crippen LogP contribution in [0, 0.1) is 0 Å². The van der Waals surface area contributed by atoms with Crippen molar-refractivity contribution in [3.8, 4) is 0 Å². The highest BCUT2D eigenvalue weighted by Gasteiger charge is 1.94. The van der Waals surface area contributed by atoms with Gasteiger partial charge in [-0.1, -0.05) is 0 Å². The van der Waals surface area contributed by atoms with Crippen LogP contribution in [0.5, 0.6) is 0 Å². The summed E-state index contributed by atoms with van der Waals surface area (Å²) < 4.78 is 6.26. The van der Waals surface area contributed by atoms with Crippen molar-refractivity contribution in [1.29, 1.82) is 0 Å². The van der Waals surface area contributed by atoms with Crippen LogP contribution in [0.1, 0.15) is 19.0 Å². The predicted molar refractivity (Wildman–Crippen MR) is 64.8 cm³/mol. The maximum atomic E-state index is 5.24. The maximum absolute atomic E-state index is 5.24. The van der Waals surface area contributed by atoms with Gasteiger partial charge in [0.2, 0.25) is 0 Å². The summed E-state index contributed by atoms with van der Waals surface area (Å²) in [5.41, 5.74) is 1.06. The van der Waals surface area contributed by atoms with Crippen LogP contribution < -0.4 is 5.32 Å². The topological polar surface area (TPSA) is 34.1 Å². The van der Waals surface area contributed by atoms with Gasteiger partial charge in [0.05, 0.1) is 5.69 Å². The van der Waals surface area contributed by atoms with E-state index in [0.29, 0.717) is 0 Å². The molecule has 84 valence electrons. The van der Waals surface area contributed by atoms with Gasteiger partial charge >= 0.3 is 0 Å². The molecule has 0 fully saturated rings. The van der Waals surface area contributed by atoms with E-state index in [0.717, 1.165) is 42.9 Å². The average Bonchev–Trinajstić information content (AvgIpc) is 2.26. The number of nitrogens with zero attached hydrogens (tertiary/aromatic N) is 1. The monoisotopic (exact) mass is 272 g/mol. The molecule has 0 amide bonds. The molecular weight excluding hydrogens is 256 g/mol. The van der Waals surface area contributed by atoms with Crippen LogP contribution >= 0.6 is 15.9 Å². The quantitative estimate of drug-likeness (QED) is 0.774. The number of halogens is 1. The molecule has 0 saturated heterocycles. The second-order valence-electron chi connectivity index (χ2n) is 3.20. The molecule has 1 rings (SSSR count). The molecule has 0 radical (unpaired) electrons. The number of ether oxygens (including phenoxy) is 1. The standard InChI is InChI=1S/C11H17BrN2O/c1-2-15-7-3-6-13-9-11-5-4-10(12)8-14-11/h4-5,8,13H,2-3,6-7,9H2,1H3. The van der Waals surface area contributed by atoms with E-state index in [2.05, 4.69) is 26.2 Å². The van der Waals surface area contributed by atoms with Gasteiger partial charge in [-0.05, 0) is 48.0 Å². The fourth-order valence-electron chi connectivity index (χ4n) is 1.17. The zero-order chi connectivity index (χ0) is 10.9. The molecule has 4 heteroatoms. The summed E-state index contributed by atoms with van der Waals surface area (Å²) in [6, 6.07) is 4.02. The number of nitrogens with one attached hydrogen (secondary N) is 1. The molecule has 1 heterocycles. The number of pyridine rings is 1. The van der Waals surface area contributed by atoms with E-state index in [1.165, 1.54) is 0 Å². The molecule has 0 atom stereocenters. The Hall–Kier alpha value is -0.450. The zero-order valence-corrected chi connectivity index (χ0v) is 10.6.